The molecule has 0 spiro atoms. The minimum absolute atomic E-state index is 0.0135. The predicted molar refractivity (Wildman–Crippen MR) is 215 cm³/mol. The predicted octanol–water partition coefficient (Wildman–Crippen LogP) is 4.57. The van der Waals surface area contributed by atoms with Crippen molar-refractivity contribution in [3.63, 3.8) is 0 Å². The van der Waals surface area contributed by atoms with Gasteiger partial charge < -0.3 is 19.9 Å². The summed E-state index contributed by atoms with van der Waals surface area (Å²) in [5.41, 5.74) is 1.58. The van der Waals surface area contributed by atoms with E-state index in [2.05, 4.69) is 30.6 Å². The number of aryl methyl sites for hydroxylation is 1. The van der Waals surface area contributed by atoms with E-state index in [1.807, 2.05) is 12.1 Å². The number of alkyl halides is 2. The molecule has 1 saturated carbocycles. The van der Waals surface area contributed by atoms with Gasteiger partial charge in [0.2, 0.25) is 11.8 Å². The van der Waals surface area contributed by atoms with Crippen molar-refractivity contribution in [2.24, 2.45) is 11.8 Å². The number of carbonyl (C=O) groups is 5. The number of fused-ring (bicyclic) bond motifs is 4. The molecule has 8 heterocycles. The molecule has 2 N–H and O–H groups in total. The summed E-state index contributed by atoms with van der Waals surface area (Å²) in [4.78, 5) is 75.0. The third-order valence-corrected chi connectivity index (χ3v) is 13.8. The first kappa shape index (κ1) is 39.5. The number of likely N-dealkylation sites (tertiary alicyclic amines) is 1. The van der Waals surface area contributed by atoms with Crippen LogP contribution in [0.1, 0.15) is 119 Å². The molecule has 0 radical (unpaired) electrons. The number of carbonyl (C=O) groups excluding carboxylic acids is 5. The smallest absolute Gasteiger partial charge is 0.284 e. The fourth-order valence-electron chi connectivity index (χ4n) is 10.5. The van der Waals surface area contributed by atoms with Crippen LogP contribution in [-0.2, 0) is 20.7 Å². The fourth-order valence-corrected chi connectivity index (χ4v) is 10.5. The van der Waals surface area contributed by atoms with Gasteiger partial charge in [0.05, 0.1) is 47.8 Å². The van der Waals surface area contributed by atoms with Crippen molar-refractivity contribution in [3.8, 4) is 0 Å². The van der Waals surface area contributed by atoms with Gasteiger partial charge in [-0.2, -0.15) is 10.2 Å². The zero-order chi connectivity index (χ0) is 41.9. The lowest BCUT2D eigenvalue weighted by Crippen LogP contribution is -2.54. The van der Waals surface area contributed by atoms with Gasteiger partial charge in [0.15, 0.2) is 11.3 Å². The van der Waals surface area contributed by atoms with Crippen molar-refractivity contribution in [2.75, 3.05) is 43.0 Å². The maximum Gasteiger partial charge on any atom is 0.284 e. The van der Waals surface area contributed by atoms with Gasteiger partial charge in [-0.1, -0.05) is 12.1 Å². The van der Waals surface area contributed by atoms with Crippen LogP contribution in [0.25, 0.3) is 5.65 Å². The van der Waals surface area contributed by atoms with Crippen molar-refractivity contribution < 1.29 is 37.5 Å². The Morgan fingerprint density at radius 2 is 1.79 bits per heavy atom. The zero-order valence-electron chi connectivity index (χ0n) is 33.7. The third-order valence-electron chi connectivity index (χ3n) is 13.8. The summed E-state index contributed by atoms with van der Waals surface area (Å²) < 4.78 is 37.4. The third kappa shape index (κ3) is 7.46. The van der Waals surface area contributed by atoms with Gasteiger partial charge in [0.25, 0.3) is 24.1 Å². The van der Waals surface area contributed by atoms with Gasteiger partial charge >= 0.3 is 0 Å². The van der Waals surface area contributed by atoms with E-state index >= 15 is 0 Å². The lowest BCUT2D eigenvalue weighted by molar-refractivity contribution is -0.136. The summed E-state index contributed by atoms with van der Waals surface area (Å²) in [5.74, 6) is -0.852. The van der Waals surface area contributed by atoms with Crippen LogP contribution in [0.5, 0.6) is 0 Å². The minimum atomic E-state index is -2.87. The number of piperidine rings is 2. The van der Waals surface area contributed by atoms with E-state index in [-0.39, 0.29) is 42.3 Å². The molecule has 1 aliphatic carbocycles. The van der Waals surface area contributed by atoms with Gasteiger partial charge in [-0.3, -0.25) is 38.9 Å². The van der Waals surface area contributed by atoms with Crippen LogP contribution in [0.15, 0.2) is 42.9 Å². The largest absolute Gasteiger partial charge is 0.374 e. The molecule has 4 aromatic rings. The number of nitrogens with zero attached hydrogens (tertiary/aromatic N) is 8. The Morgan fingerprint density at radius 3 is 2.52 bits per heavy atom. The number of morpholine rings is 1. The first-order valence-corrected chi connectivity index (χ1v) is 21.5. The maximum absolute atomic E-state index is 14.3. The second-order valence-corrected chi connectivity index (χ2v) is 17.5. The summed E-state index contributed by atoms with van der Waals surface area (Å²) in [7, 11) is 0. The van der Waals surface area contributed by atoms with Gasteiger partial charge in [-0.25, -0.2) is 18.3 Å². The van der Waals surface area contributed by atoms with Crippen LogP contribution in [0.2, 0.25) is 0 Å². The molecule has 5 amide bonds. The standard InChI is InChI=1S/C43H48F2N10O6/c44-38(45)37-32(47-40(57)31-19-46-53-17-14-34(48-39(31)53)52-21-29-18-28(52)23-61-29)22-54(50-37)27-8-5-25(6-9-27)20-51-15-12-24(13-16-51)4-7-26-2-1-3-30-36(26)43(60)55(42(30)59)33-10-11-35(56)49-41(33)58/h1-3,14,17,19,22,24-25,27-29,33,38H,4-13,15-16,18,20-21,23H2,(H,47,57)(H,49,56,58)/t25?,27?,28?,29-,33?/m1/s1. The molecule has 4 saturated heterocycles. The number of halogens is 2. The van der Waals surface area contributed by atoms with Gasteiger partial charge in [-0.05, 0) is 107 Å². The van der Waals surface area contributed by atoms with E-state index in [0.29, 0.717) is 41.6 Å². The highest BCUT2D eigenvalue weighted by Crippen LogP contribution is 2.37. The second kappa shape index (κ2) is 16.0. The van der Waals surface area contributed by atoms with E-state index < -0.39 is 47.7 Å². The number of rotatable bonds is 11. The highest BCUT2D eigenvalue weighted by atomic mass is 19.3. The molecule has 6 aliphatic rings. The average Bonchev–Trinajstić information content (AvgIpc) is 4.11. The molecule has 5 aliphatic heterocycles. The Labute approximate surface area is 349 Å². The zero-order valence-corrected chi connectivity index (χ0v) is 33.7. The van der Waals surface area contributed by atoms with E-state index in [4.69, 9.17) is 9.72 Å². The molecule has 3 aromatic heterocycles. The van der Waals surface area contributed by atoms with Gasteiger partial charge in [0.1, 0.15) is 17.4 Å². The van der Waals surface area contributed by atoms with Gasteiger partial charge in [-0.15, -0.1) is 0 Å². The van der Waals surface area contributed by atoms with Crippen LogP contribution in [0.4, 0.5) is 20.3 Å². The quantitative estimate of drug-likeness (QED) is 0.203. The maximum atomic E-state index is 14.3. The van der Waals surface area contributed by atoms with Gasteiger partial charge in [0, 0.05) is 31.9 Å². The van der Waals surface area contributed by atoms with Crippen molar-refractivity contribution in [1.82, 2.24) is 39.5 Å². The number of ether oxygens (including phenoxy) is 1. The summed E-state index contributed by atoms with van der Waals surface area (Å²) in [6.45, 7) is 4.28. The van der Waals surface area contributed by atoms with E-state index in [9.17, 15) is 32.8 Å². The van der Waals surface area contributed by atoms with Crippen molar-refractivity contribution in [1.29, 1.82) is 0 Å². The monoisotopic (exact) mass is 838 g/mol. The highest BCUT2D eigenvalue weighted by molar-refractivity contribution is 6.24. The highest BCUT2D eigenvalue weighted by Gasteiger charge is 2.46. The molecule has 2 bridgehead atoms. The topological polar surface area (TPSA) is 176 Å². The molecule has 10 rings (SSSR count). The van der Waals surface area contributed by atoms with Crippen LogP contribution in [0, 0.1) is 11.8 Å². The molecule has 1 aromatic carbocycles. The molecular formula is C43H48F2N10O6. The summed E-state index contributed by atoms with van der Waals surface area (Å²) in [5, 5.41) is 13.5. The molecule has 16 nitrogen and oxygen atoms in total. The second-order valence-electron chi connectivity index (χ2n) is 17.5. The number of benzene rings is 1. The molecule has 5 fully saturated rings. The SMILES string of the molecule is O=C1CCC(N2C(=O)c3cccc(CCC4CCN(CC5CCC(n6cc(NC(=O)c7cnn8ccc(N9C[C@H]%10CC9CO%10)nc78)c(C(F)F)n6)CC5)CC4)c3C2=O)C(=O)N1. The number of hydrogen-bond donors (Lipinski definition) is 2. The molecular weight excluding hydrogens is 791 g/mol. The Morgan fingerprint density at radius 1 is 0.967 bits per heavy atom. The number of amides is 5. The molecule has 61 heavy (non-hydrogen) atoms. The normalized spacial score (nSPS) is 25.9. The Balaban J connectivity index is 0.706. The van der Waals surface area contributed by atoms with E-state index in [1.165, 1.54) is 16.9 Å². The minimum Gasteiger partial charge on any atom is -0.374 e. The molecule has 2 unspecified atom stereocenters. The van der Waals surface area contributed by atoms with Crippen LogP contribution in [-0.4, -0.2) is 115 Å². The lowest BCUT2D eigenvalue weighted by Gasteiger charge is -2.36. The average molecular weight is 839 g/mol. The first-order valence-electron chi connectivity index (χ1n) is 21.5. The number of hydrogen-bond acceptors (Lipinski definition) is 11. The number of aromatic nitrogens is 5. The first-order chi connectivity index (χ1) is 29.6. The Kier molecular flexibility index (Phi) is 10.4. The fraction of sp³-hybridized carbons (Fsp3) is 0.535. The van der Waals surface area contributed by atoms with Crippen molar-refractivity contribution in [2.45, 2.75) is 101 Å². The Hall–Kier alpha value is -5.62. The summed E-state index contributed by atoms with van der Waals surface area (Å²) >= 11 is 0. The van der Waals surface area contributed by atoms with E-state index in [0.717, 1.165) is 93.8 Å². The number of anilines is 2. The van der Waals surface area contributed by atoms with E-state index in [1.54, 1.807) is 23.0 Å². The van der Waals surface area contributed by atoms with Crippen molar-refractivity contribution >= 4 is 46.7 Å². The summed E-state index contributed by atoms with van der Waals surface area (Å²) in [6.07, 6.45) is 10.2. The number of imide groups is 2. The van der Waals surface area contributed by atoms with Crippen LogP contribution in [0.3, 0.4) is 0 Å². The summed E-state index contributed by atoms with van der Waals surface area (Å²) in [6, 6.07) is 6.38. The number of nitrogens with one attached hydrogen (secondary N) is 2. The van der Waals surface area contributed by atoms with Crippen LogP contribution < -0.4 is 15.5 Å². The van der Waals surface area contributed by atoms with Crippen molar-refractivity contribution in [3.05, 3.63) is 70.8 Å². The molecule has 3 atom stereocenters. The molecule has 320 valence electrons. The Bertz CT molecular complexity index is 2400. The molecule has 18 heteroatoms. The lowest BCUT2D eigenvalue weighted by atomic mass is 9.84. The van der Waals surface area contributed by atoms with Crippen LogP contribution >= 0.6 is 0 Å².